The van der Waals surface area contributed by atoms with Crippen LogP contribution in [0, 0.1) is 0 Å². The molecule has 4 rings (SSSR count). The van der Waals surface area contributed by atoms with Crippen molar-refractivity contribution in [2.45, 2.75) is 32.2 Å². The molecule has 140 valence electrons. The van der Waals surface area contributed by atoms with Crippen molar-refractivity contribution in [2.24, 2.45) is 0 Å². The Morgan fingerprint density at radius 2 is 1.85 bits per heavy atom. The zero-order valence-corrected chi connectivity index (χ0v) is 16.1. The van der Waals surface area contributed by atoms with Gasteiger partial charge in [-0.15, -0.1) is 0 Å². The van der Waals surface area contributed by atoms with E-state index in [1.165, 1.54) is 0 Å². The Morgan fingerprint density at radius 3 is 2.52 bits per heavy atom. The smallest absolute Gasteiger partial charge is 0.227 e. The first-order valence-electron chi connectivity index (χ1n) is 9.44. The number of likely N-dealkylation sites (tertiary alicyclic amines) is 1. The Kier molecular flexibility index (Phi) is 4.60. The van der Waals surface area contributed by atoms with E-state index in [0.717, 1.165) is 41.3 Å². The SMILES string of the molecule is COc1ccc(CC(=O)N2CC(n3c(C(C)C)nc4ccccc43)C2)cc1. The number of benzene rings is 2. The first-order chi connectivity index (χ1) is 13.1. The Balaban J connectivity index is 1.46. The molecule has 3 aromatic rings. The predicted octanol–water partition coefficient (Wildman–Crippen LogP) is 3.79. The van der Waals surface area contributed by atoms with Crippen molar-refractivity contribution in [1.82, 2.24) is 14.5 Å². The highest BCUT2D eigenvalue weighted by molar-refractivity contribution is 5.80. The van der Waals surface area contributed by atoms with Crippen molar-refractivity contribution in [1.29, 1.82) is 0 Å². The summed E-state index contributed by atoms with van der Waals surface area (Å²) in [5.74, 6) is 2.43. The van der Waals surface area contributed by atoms with Gasteiger partial charge in [0.25, 0.3) is 0 Å². The average Bonchev–Trinajstić information content (AvgIpc) is 3.01. The molecule has 0 bridgehead atoms. The molecule has 0 aliphatic carbocycles. The molecule has 0 radical (unpaired) electrons. The van der Waals surface area contributed by atoms with Gasteiger partial charge in [0.05, 0.1) is 30.6 Å². The van der Waals surface area contributed by atoms with Gasteiger partial charge in [-0.05, 0) is 29.8 Å². The maximum absolute atomic E-state index is 12.6. The fourth-order valence-electron chi connectivity index (χ4n) is 3.71. The van der Waals surface area contributed by atoms with Gasteiger partial charge in [0, 0.05) is 19.0 Å². The van der Waals surface area contributed by atoms with Gasteiger partial charge in [-0.2, -0.15) is 0 Å². The minimum absolute atomic E-state index is 0.173. The third kappa shape index (κ3) is 3.29. The van der Waals surface area contributed by atoms with Crippen LogP contribution in [0.5, 0.6) is 5.75 Å². The quantitative estimate of drug-likeness (QED) is 0.693. The lowest BCUT2D eigenvalue weighted by Gasteiger charge is -2.41. The fourth-order valence-corrected chi connectivity index (χ4v) is 3.71. The first kappa shape index (κ1) is 17.6. The highest BCUT2D eigenvalue weighted by Gasteiger charge is 2.34. The molecule has 1 aliphatic rings. The van der Waals surface area contributed by atoms with Gasteiger partial charge in [-0.25, -0.2) is 4.98 Å². The van der Waals surface area contributed by atoms with Crippen molar-refractivity contribution < 1.29 is 9.53 Å². The van der Waals surface area contributed by atoms with E-state index in [9.17, 15) is 4.79 Å². The molecule has 2 aromatic carbocycles. The highest BCUT2D eigenvalue weighted by Crippen LogP contribution is 2.31. The number of carbonyl (C=O) groups excluding carboxylic acids is 1. The van der Waals surface area contributed by atoms with Gasteiger partial charge in [-0.1, -0.05) is 38.1 Å². The van der Waals surface area contributed by atoms with Gasteiger partial charge < -0.3 is 14.2 Å². The summed E-state index contributed by atoms with van der Waals surface area (Å²) in [6.07, 6.45) is 0.429. The summed E-state index contributed by atoms with van der Waals surface area (Å²) >= 11 is 0. The van der Waals surface area contributed by atoms with Gasteiger partial charge in [0.15, 0.2) is 0 Å². The molecule has 5 nitrogen and oxygen atoms in total. The summed E-state index contributed by atoms with van der Waals surface area (Å²) in [7, 11) is 1.64. The standard InChI is InChI=1S/C22H25N3O2/c1-15(2)22-23-19-6-4-5-7-20(19)25(22)17-13-24(14-17)21(26)12-16-8-10-18(27-3)11-9-16/h4-11,15,17H,12-14H2,1-3H3. The minimum Gasteiger partial charge on any atom is -0.497 e. The van der Waals surface area contributed by atoms with Crippen LogP contribution in [0.4, 0.5) is 0 Å². The molecule has 0 spiro atoms. The number of amides is 1. The molecule has 1 aromatic heterocycles. The molecular weight excluding hydrogens is 338 g/mol. The third-order valence-corrected chi connectivity index (χ3v) is 5.23. The van der Waals surface area contributed by atoms with Crippen LogP contribution in [0.2, 0.25) is 0 Å². The van der Waals surface area contributed by atoms with Crippen LogP contribution in [-0.4, -0.2) is 40.6 Å². The maximum Gasteiger partial charge on any atom is 0.227 e. The van der Waals surface area contributed by atoms with Crippen LogP contribution in [0.3, 0.4) is 0 Å². The van der Waals surface area contributed by atoms with E-state index in [2.05, 4.69) is 36.6 Å². The zero-order valence-electron chi connectivity index (χ0n) is 16.1. The lowest BCUT2D eigenvalue weighted by atomic mass is 10.0. The number of rotatable bonds is 5. The summed E-state index contributed by atoms with van der Waals surface area (Å²) in [5, 5.41) is 0. The number of hydrogen-bond acceptors (Lipinski definition) is 3. The Morgan fingerprint density at radius 1 is 1.15 bits per heavy atom. The van der Waals surface area contributed by atoms with Crippen LogP contribution >= 0.6 is 0 Å². The van der Waals surface area contributed by atoms with Crippen molar-refractivity contribution in [2.75, 3.05) is 20.2 Å². The van der Waals surface area contributed by atoms with E-state index < -0.39 is 0 Å². The predicted molar refractivity (Wildman–Crippen MR) is 106 cm³/mol. The molecule has 1 amide bonds. The first-order valence-corrected chi connectivity index (χ1v) is 9.44. The van der Waals surface area contributed by atoms with E-state index in [0.29, 0.717) is 18.4 Å². The summed E-state index contributed by atoms with van der Waals surface area (Å²) in [6.45, 7) is 5.83. The topological polar surface area (TPSA) is 47.4 Å². The number of nitrogens with zero attached hydrogens (tertiary/aromatic N) is 3. The number of carbonyl (C=O) groups is 1. The number of imidazole rings is 1. The lowest BCUT2D eigenvalue weighted by molar-refractivity contribution is -0.136. The molecule has 27 heavy (non-hydrogen) atoms. The van der Waals surface area contributed by atoms with E-state index in [4.69, 9.17) is 9.72 Å². The molecule has 1 saturated heterocycles. The monoisotopic (exact) mass is 363 g/mol. The van der Waals surface area contributed by atoms with Crippen molar-refractivity contribution in [3.05, 3.63) is 59.9 Å². The highest BCUT2D eigenvalue weighted by atomic mass is 16.5. The van der Waals surface area contributed by atoms with Crippen molar-refractivity contribution in [3.63, 3.8) is 0 Å². The van der Waals surface area contributed by atoms with Gasteiger partial charge in [-0.3, -0.25) is 4.79 Å². The largest absolute Gasteiger partial charge is 0.497 e. The maximum atomic E-state index is 12.6. The van der Waals surface area contributed by atoms with Crippen LogP contribution in [0.25, 0.3) is 11.0 Å². The molecule has 2 heterocycles. The Labute approximate surface area is 159 Å². The Bertz CT molecular complexity index is 953. The second kappa shape index (κ2) is 7.06. The number of hydrogen-bond donors (Lipinski definition) is 0. The number of aromatic nitrogens is 2. The molecule has 1 fully saturated rings. The second-order valence-electron chi connectivity index (χ2n) is 7.46. The molecule has 0 saturated carbocycles. The summed E-state index contributed by atoms with van der Waals surface area (Å²) in [4.78, 5) is 19.4. The normalized spacial score (nSPS) is 14.6. The molecule has 0 N–H and O–H groups in total. The van der Waals surface area contributed by atoms with Gasteiger partial charge in [0.2, 0.25) is 5.91 Å². The molecule has 1 aliphatic heterocycles. The third-order valence-electron chi connectivity index (χ3n) is 5.23. The zero-order chi connectivity index (χ0) is 19.0. The molecular formula is C22H25N3O2. The summed E-state index contributed by atoms with van der Waals surface area (Å²) in [5.41, 5.74) is 3.21. The minimum atomic E-state index is 0.173. The second-order valence-corrected chi connectivity index (χ2v) is 7.46. The Hall–Kier alpha value is -2.82. The molecule has 0 unspecified atom stereocenters. The lowest BCUT2D eigenvalue weighted by Crippen LogP contribution is -2.51. The van der Waals surface area contributed by atoms with Crippen LogP contribution < -0.4 is 4.74 Å². The molecule has 0 atom stereocenters. The summed E-state index contributed by atoms with van der Waals surface area (Å²) < 4.78 is 7.50. The van der Waals surface area contributed by atoms with Crippen LogP contribution in [0.1, 0.15) is 37.2 Å². The number of methoxy groups -OCH3 is 1. The van der Waals surface area contributed by atoms with Crippen LogP contribution in [0.15, 0.2) is 48.5 Å². The average molecular weight is 363 g/mol. The number of fused-ring (bicyclic) bond motifs is 1. The van der Waals surface area contributed by atoms with Gasteiger partial charge in [0.1, 0.15) is 11.6 Å². The fraction of sp³-hybridized carbons (Fsp3) is 0.364. The van der Waals surface area contributed by atoms with E-state index in [1.54, 1.807) is 7.11 Å². The van der Waals surface area contributed by atoms with Crippen molar-refractivity contribution in [3.8, 4) is 5.75 Å². The number of para-hydroxylation sites is 2. The van der Waals surface area contributed by atoms with E-state index >= 15 is 0 Å². The number of ether oxygens (including phenoxy) is 1. The van der Waals surface area contributed by atoms with Crippen molar-refractivity contribution >= 4 is 16.9 Å². The molecule has 5 heteroatoms. The van der Waals surface area contributed by atoms with E-state index in [1.807, 2.05) is 35.2 Å². The van der Waals surface area contributed by atoms with Crippen LogP contribution in [-0.2, 0) is 11.2 Å². The summed E-state index contributed by atoms with van der Waals surface area (Å²) in [6, 6.07) is 16.3. The van der Waals surface area contributed by atoms with Gasteiger partial charge >= 0.3 is 0 Å². The van der Waals surface area contributed by atoms with E-state index in [-0.39, 0.29) is 5.91 Å².